The SMILES string of the molecule is CCOc1ccccc1NC(=O)N1Cc2c(sc3c2CCN(C)C3)-n2cccc2[C@H]1c1ccc(Cl)cc1. The smallest absolute Gasteiger partial charge is 0.323 e. The van der Waals surface area contributed by atoms with E-state index < -0.39 is 0 Å². The summed E-state index contributed by atoms with van der Waals surface area (Å²) in [4.78, 5) is 19.8. The number of anilines is 1. The standard InChI is InChI=1S/C29H29ClN4O2S/c1-3-36-25-9-5-4-7-23(25)31-29(35)34-17-22-21-14-16-32(2)18-26(21)37-28(22)33-15-6-8-24(33)27(34)19-10-12-20(30)13-11-19/h4-13,15,27H,3,14,16-18H2,1-2H3,(H,31,35)/t27-/m1/s1. The normalized spacial score (nSPS) is 16.9. The number of para-hydroxylation sites is 2. The van der Waals surface area contributed by atoms with Gasteiger partial charge in [0.1, 0.15) is 10.8 Å². The number of aromatic nitrogens is 1. The minimum absolute atomic E-state index is 0.166. The Morgan fingerprint density at radius 1 is 1.08 bits per heavy atom. The maximum atomic E-state index is 14.1. The number of nitrogens with zero attached hydrogens (tertiary/aromatic N) is 3. The number of thiophene rings is 1. The van der Waals surface area contributed by atoms with Crippen LogP contribution in [-0.4, -0.2) is 40.6 Å². The number of rotatable bonds is 4. The summed E-state index contributed by atoms with van der Waals surface area (Å²) in [7, 11) is 2.17. The highest BCUT2D eigenvalue weighted by atomic mass is 35.5. The van der Waals surface area contributed by atoms with E-state index in [1.165, 1.54) is 21.0 Å². The maximum Gasteiger partial charge on any atom is 0.323 e. The van der Waals surface area contributed by atoms with E-state index in [9.17, 15) is 4.79 Å². The second-order valence-corrected chi connectivity index (χ2v) is 11.0. The third kappa shape index (κ3) is 4.41. The number of fused-ring (bicyclic) bond motifs is 5. The van der Waals surface area contributed by atoms with Gasteiger partial charge >= 0.3 is 6.03 Å². The van der Waals surface area contributed by atoms with Crippen molar-refractivity contribution in [2.24, 2.45) is 0 Å². The molecule has 0 spiro atoms. The molecule has 190 valence electrons. The highest BCUT2D eigenvalue weighted by Crippen LogP contribution is 2.43. The van der Waals surface area contributed by atoms with Crippen LogP contribution >= 0.6 is 22.9 Å². The Bertz CT molecular complexity index is 1440. The van der Waals surface area contributed by atoms with E-state index in [0.29, 0.717) is 29.6 Å². The first kappa shape index (κ1) is 24.1. The first-order valence-electron chi connectivity index (χ1n) is 12.6. The van der Waals surface area contributed by atoms with Crippen molar-refractivity contribution in [3.05, 3.63) is 99.1 Å². The highest BCUT2D eigenvalue weighted by Gasteiger charge is 2.36. The molecule has 2 aliphatic heterocycles. The van der Waals surface area contributed by atoms with Crippen molar-refractivity contribution in [1.82, 2.24) is 14.4 Å². The summed E-state index contributed by atoms with van der Waals surface area (Å²) in [5, 5.41) is 5.04. The van der Waals surface area contributed by atoms with Gasteiger partial charge in [0.05, 0.1) is 30.6 Å². The van der Waals surface area contributed by atoms with Gasteiger partial charge in [-0.1, -0.05) is 35.9 Å². The number of likely N-dealkylation sites (N-methyl/N-ethyl adjacent to an activating group) is 1. The summed E-state index contributed by atoms with van der Waals surface area (Å²) < 4.78 is 8.07. The second kappa shape index (κ2) is 9.89. The first-order chi connectivity index (χ1) is 18.0. The molecule has 0 saturated heterocycles. The lowest BCUT2D eigenvalue weighted by Gasteiger charge is -2.32. The Labute approximate surface area is 226 Å². The third-order valence-corrected chi connectivity index (χ3v) is 8.64. The van der Waals surface area contributed by atoms with E-state index in [-0.39, 0.29) is 12.1 Å². The van der Waals surface area contributed by atoms with Gasteiger partial charge in [-0.3, -0.25) is 0 Å². The highest BCUT2D eigenvalue weighted by molar-refractivity contribution is 7.15. The Morgan fingerprint density at radius 3 is 2.70 bits per heavy atom. The molecule has 6 rings (SSSR count). The molecule has 1 atom stereocenters. The van der Waals surface area contributed by atoms with Crippen molar-refractivity contribution in [3.8, 4) is 10.8 Å². The van der Waals surface area contributed by atoms with Crippen LogP contribution in [0.3, 0.4) is 0 Å². The minimum Gasteiger partial charge on any atom is -0.492 e. The summed E-state index contributed by atoms with van der Waals surface area (Å²) >= 11 is 8.10. The zero-order chi connectivity index (χ0) is 25.5. The van der Waals surface area contributed by atoms with Crippen LogP contribution < -0.4 is 10.1 Å². The molecule has 0 unspecified atom stereocenters. The van der Waals surface area contributed by atoms with Crippen LogP contribution in [0.5, 0.6) is 5.75 Å². The summed E-state index contributed by atoms with van der Waals surface area (Å²) in [6, 6.07) is 19.1. The summed E-state index contributed by atoms with van der Waals surface area (Å²) in [6.45, 7) is 4.94. The van der Waals surface area contributed by atoms with Crippen LogP contribution in [0.15, 0.2) is 66.9 Å². The quantitative estimate of drug-likeness (QED) is 0.317. The van der Waals surface area contributed by atoms with Crippen molar-refractivity contribution in [2.45, 2.75) is 32.5 Å². The molecule has 0 bridgehead atoms. The molecule has 4 heterocycles. The lowest BCUT2D eigenvalue weighted by molar-refractivity contribution is 0.194. The van der Waals surface area contributed by atoms with E-state index in [1.54, 1.807) is 0 Å². The number of carbonyl (C=O) groups is 1. The molecule has 0 fully saturated rings. The van der Waals surface area contributed by atoms with E-state index in [4.69, 9.17) is 16.3 Å². The Balaban J connectivity index is 1.48. The van der Waals surface area contributed by atoms with E-state index in [1.807, 2.05) is 71.7 Å². The predicted molar refractivity (Wildman–Crippen MR) is 149 cm³/mol. The number of carbonyl (C=O) groups excluding carboxylic acids is 1. The van der Waals surface area contributed by atoms with E-state index in [2.05, 4.69) is 40.2 Å². The Kier molecular flexibility index (Phi) is 6.44. The average Bonchev–Trinajstić information content (AvgIpc) is 3.47. The van der Waals surface area contributed by atoms with E-state index >= 15 is 0 Å². The van der Waals surface area contributed by atoms with Gasteiger partial charge in [0.25, 0.3) is 0 Å². The predicted octanol–water partition coefficient (Wildman–Crippen LogP) is 6.72. The number of benzene rings is 2. The largest absolute Gasteiger partial charge is 0.492 e. The Hall–Kier alpha value is -3.26. The van der Waals surface area contributed by atoms with Crippen molar-refractivity contribution in [2.75, 3.05) is 25.5 Å². The number of amides is 2. The van der Waals surface area contributed by atoms with Gasteiger partial charge in [0.15, 0.2) is 0 Å². The number of hydrogen-bond acceptors (Lipinski definition) is 4. The molecule has 37 heavy (non-hydrogen) atoms. The molecular weight excluding hydrogens is 504 g/mol. The molecule has 6 nitrogen and oxygen atoms in total. The van der Waals surface area contributed by atoms with Crippen LogP contribution in [0.25, 0.3) is 5.00 Å². The number of hydrogen-bond donors (Lipinski definition) is 1. The van der Waals surface area contributed by atoms with Gasteiger partial charge in [-0.05, 0) is 67.9 Å². The van der Waals surface area contributed by atoms with Crippen molar-refractivity contribution >= 4 is 34.7 Å². The summed E-state index contributed by atoms with van der Waals surface area (Å²) in [6.07, 6.45) is 3.11. The number of urea groups is 1. The van der Waals surface area contributed by atoms with Gasteiger partial charge in [0, 0.05) is 34.7 Å². The van der Waals surface area contributed by atoms with Crippen molar-refractivity contribution < 1.29 is 9.53 Å². The lowest BCUT2D eigenvalue weighted by atomic mass is 10.0. The van der Waals surface area contributed by atoms with Crippen LogP contribution in [0, 0.1) is 0 Å². The lowest BCUT2D eigenvalue weighted by Crippen LogP contribution is -2.38. The Morgan fingerprint density at radius 2 is 1.89 bits per heavy atom. The number of halogens is 1. The number of nitrogens with one attached hydrogen (secondary N) is 1. The van der Waals surface area contributed by atoms with Gasteiger partial charge < -0.3 is 24.4 Å². The maximum absolute atomic E-state index is 14.1. The van der Waals surface area contributed by atoms with Crippen LogP contribution in [0.4, 0.5) is 10.5 Å². The van der Waals surface area contributed by atoms with Gasteiger partial charge in [-0.15, -0.1) is 11.3 Å². The zero-order valence-electron chi connectivity index (χ0n) is 20.9. The fourth-order valence-corrected chi connectivity index (χ4v) is 6.95. The second-order valence-electron chi connectivity index (χ2n) is 9.52. The summed E-state index contributed by atoms with van der Waals surface area (Å²) in [5.41, 5.74) is 5.37. The monoisotopic (exact) mass is 532 g/mol. The van der Waals surface area contributed by atoms with Gasteiger partial charge in [0.2, 0.25) is 0 Å². The molecule has 8 heteroatoms. The van der Waals surface area contributed by atoms with Crippen LogP contribution in [0.2, 0.25) is 5.02 Å². The molecule has 2 amide bonds. The summed E-state index contributed by atoms with van der Waals surface area (Å²) in [5.74, 6) is 0.663. The molecule has 2 aromatic heterocycles. The fourth-order valence-electron chi connectivity index (χ4n) is 5.39. The minimum atomic E-state index is -0.284. The van der Waals surface area contributed by atoms with Crippen LogP contribution in [-0.2, 0) is 19.5 Å². The molecule has 0 aliphatic carbocycles. The number of ether oxygens (including phenoxy) is 1. The molecule has 0 radical (unpaired) electrons. The molecule has 4 aromatic rings. The topological polar surface area (TPSA) is 49.7 Å². The van der Waals surface area contributed by atoms with E-state index in [0.717, 1.165) is 30.8 Å². The first-order valence-corrected chi connectivity index (χ1v) is 13.8. The third-order valence-electron chi connectivity index (χ3n) is 7.13. The fraction of sp³-hybridized carbons (Fsp3) is 0.276. The molecule has 2 aliphatic rings. The molecule has 2 aromatic carbocycles. The van der Waals surface area contributed by atoms with Gasteiger partial charge in [-0.25, -0.2) is 4.79 Å². The molecular formula is C29H29ClN4O2S. The average molecular weight is 533 g/mol. The van der Waals surface area contributed by atoms with Crippen molar-refractivity contribution in [3.63, 3.8) is 0 Å². The van der Waals surface area contributed by atoms with Gasteiger partial charge in [-0.2, -0.15) is 0 Å². The van der Waals surface area contributed by atoms with Crippen LogP contribution in [0.1, 0.15) is 40.2 Å². The molecule has 1 N–H and O–H groups in total. The zero-order valence-corrected chi connectivity index (χ0v) is 22.5. The molecule has 0 saturated carbocycles. The van der Waals surface area contributed by atoms with Crippen molar-refractivity contribution in [1.29, 1.82) is 0 Å².